The second-order valence-electron chi connectivity index (χ2n) is 4.15. The Morgan fingerprint density at radius 2 is 2.00 bits per heavy atom. The van der Waals surface area contributed by atoms with Crippen LogP contribution in [0.3, 0.4) is 0 Å². The second kappa shape index (κ2) is 7.99. The van der Waals surface area contributed by atoms with Gasteiger partial charge in [-0.05, 0) is 38.0 Å². The molecule has 1 aromatic rings. The average molecular weight is 265 g/mol. The Morgan fingerprint density at radius 3 is 2.50 bits per heavy atom. The minimum absolute atomic E-state index is 0.000863. The fourth-order valence-electron chi connectivity index (χ4n) is 1.81. The van der Waals surface area contributed by atoms with Gasteiger partial charge in [0.05, 0.1) is 12.0 Å². The molecule has 0 saturated heterocycles. The second-order valence-corrected chi connectivity index (χ2v) is 4.65. The van der Waals surface area contributed by atoms with Gasteiger partial charge in [-0.3, -0.25) is 0 Å². The summed E-state index contributed by atoms with van der Waals surface area (Å²) in [5.74, 6) is 1.16. The van der Waals surface area contributed by atoms with Crippen LogP contribution in [0, 0.1) is 5.92 Å². The van der Waals surface area contributed by atoms with E-state index in [1.165, 1.54) is 5.56 Å². The highest BCUT2D eigenvalue weighted by Crippen LogP contribution is 2.21. The molecule has 18 heavy (non-hydrogen) atoms. The highest BCUT2D eigenvalue weighted by molar-refractivity contribution is 6.22. The number of allylic oxidation sites excluding steroid dienone is 3. The zero-order chi connectivity index (χ0) is 13.4. The first-order chi connectivity index (χ1) is 8.71. The summed E-state index contributed by atoms with van der Waals surface area (Å²) in [4.78, 5) is 0. The van der Waals surface area contributed by atoms with Crippen molar-refractivity contribution in [3.63, 3.8) is 0 Å². The third-order valence-electron chi connectivity index (χ3n) is 2.79. The summed E-state index contributed by atoms with van der Waals surface area (Å²) in [6.07, 6.45) is 6.80. The predicted molar refractivity (Wildman–Crippen MR) is 79.5 cm³/mol. The van der Waals surface area contributed by atoms with Crippen molar-refractivity contribution in [3.05, 3.63) is 54.6 Å². The SMILES string of the molecule is C=CC(Cc1ccc(OCC)cc1)C(Cl)/C=C\C. The Balaban J connectivity index is 2.67. The van der Waals surface area contributed by atoms with Gasteiger partial charge in [0.25, 0.3) is 0 Å². The third-order valence-corrected chi connectivity index (χ3v) is 3.26. The summed E-state index contributed by atoms with van der Waals surface area (Å²) in [7, 11) is 0. The van der Waals surface area contributed by atoms with Gasteiger partial charge >= 0.3 is 0 Å². The highest BCUT2D eigenvalue weighted by Gasteiger charge is 2.13. The van der Waals surface area contributed by atoms with E-state index in [1.807, 2.05) is 44.2 Å². The van der Waals surface area contributed by atoms with Crippen LogP contribution in [0.25, 0.3) is 0 Å². The van der Waals surface area contributed by atoms with Gasteiger partial charge in [0.15, 0.2) is 0 Å². The van der Waals surface area contributed by atoms with Crippen LogP contribution in [-0.2, 0) is 6.42 Å². The molecule has 1 nitrogen and oxygen atoms in total. The molecule has 0 aromatic heterocycles. The fraction of sp³-hybridized carbons (Fsp3) is 0.375. The van der Waals surface area contributed by atoms with E-state index in [2.05, 4.69) is 18.7 Å². The minimum atomic E-state index is -0.000863. The summed E-state index contributed by atoms with van der Waals surface area (Å²) >= 11 is 6.30. The van der Waals surface area contributed by atoms with Gasteiger partial charge in [-0.25, -0.2) is 0 Å². The number of hydrogen-bond donors (Lipinski definition) is 0. The van der Waals surface area contributed by atoms with Crippen LogP contribution >= 0.6 is 11.6 Å². The van der Waals surface area contributed by atoms with Crippen LogP contribution in [0.2, 0.25) is 0 Å². The zero-order valence-corrected chi connectivity index (χ0v) is 11.9. The van der Waals surface area contributed by atoms with E-state index >= 15 is 0 Å². The van der Waals surface area contributed by atoms with Crippen LogP contribution in [0.4, 0.5) is 0 Å². The van der Waals surface area contributed by atoms with Crippen molar-refractivity contribution in [1.82, 2.24) is 0 Å². The van der Waals surface area contributed by atoms with Crippen LogP contribution in [0.15, 0.2) is 49.1 Å². The van der Waals surface area contributed by atoms with Gasteiger partial charge < -0.3 is 4.74 Å². The lowest BCUT2D eigenvalue weighted by Gasteiger charge is -2.16. The van der Waals surface area contributed by atoms with Crippen molar-refractivity contribution in [2.75, 3.05) is 6.61 Å². The summed E-state index contributed by atoms with van der Waals surface area (Å²) in [5.41, 5.74) is 1.25. The van der Waals surface area contributed by atoms with Crippen LogP contribution in [-0.4, -0.2) is 12.0 Å². The molecule has 0 saturated carbocycles. The monoisotopic (exact) mass is 264 g/mol. The van der Waals surface area contributed by atoms with E-state index in [-0.39, 0.29) is 11.3 Å². The van der Waals surface area contributed by atoms with Gasteiger partial charge in [-0.2, -0.15) is 0 Å². The molecule has 0 bridgehead atoms. The van der Waals surface area contributed by atoms with Crippen molar-refractivity contribution < 1.29 is 4.74 Å². The molecule has 0 heterocycles. The standard InChI is InChI=1S/C16H21ClO/c1-4-7-16(17)14(5-2)12-13-8-10-15(11-9-13)18-6-3/h4-5,7-11,14,16H,2,6,12H2,1,3H3/b7-4-. The minimum Gasteiger partial charge on any atom is -0.494 e. The van der Waals surface area contributed by atoms with Crippen molar-refractivity contribution in [2.45, 2.75) is 25.6 Å². The largest absolute Gasteiger partial charge is 0.494 e. The number of benzene rings is 1. The van der Waals surface area contributed by atoms with Crippen molar-refractivity contribution in [1.29, 1.82) is 0 Å². The van der Waals surface area contributed by atoms with Gasteiger partial charge in [-0.15, -0.1) is 18.2 Å². The van der Waals surface area contributed by atoms with E-state index in [0.717, 1.165) is 12.2 Å². The Labute approximate surface area is 115 Å². The van der Waals surface area contributed by atoms with Crippen molar-refractivity contribution in [3.8, 4) is 5.75 Å². The van der Waals surface area contributed by atoms with E-state index in [9.17, 15) is 0 Å². The first kappa shape index (κ1) is 14.8. The number of alkyl halides is 1. The molecular weight excluding hydrogens is 244 g/mol. The van der Waals surface area contributed by atoms with Crippen LogP contribution in [0.5, 0.6) is 5.75 Å². The van der Waals surface area contributed by atoms with Gasteiger partial charge in [0.1, 0.15) is 5.75 Å². The molecule has 98 valence electrons. The number of ether oxygens (including phenoxy) is 1. The first-order valence-corrected chi connectivity index (χ1v) is 6.76. The van der Waals surface area contributed by atoms with Gasteiger partial charge in [0.2, 0.25) is 0 Å². The lowest BCUT2D eigenvalue weighted by Crippen LogP contribution is -2.12. The smallest absolute Gasteiger partial charge is 0.119 e. The molecule has 1 rings (SSSR count). The summed E-state index contributed by atoms with van der Waals surface area (Å²) in [5, 5.41) is -0.000863. The number of hydrogen-bond acceptors (Lipinski definition) is 1. The van der Waals surface area contributed by atoms with Crippen LogP contribution in [0.1, 0.15) is 19.4 Å². The molecule has 0 aliphatic carbocycles. The van der Waals surface area contributed by atoms with Gasteiger partial charge in [-0.1, -0.05) is 30.4 Å². The summed E-state index contributed by atoms with van der Waals surface area (Å²) in [6, 6.07) is 8.16. The third kappa shape index (κ3) is 4.58. The lowest BCUT2D eigenvalue weighted by molar-refractivity contribution is 0.340. The van der Waals surface area contributed by atoms with E-state index in [0.29, 0.717) is 6.61 Å². The molecule has 0 aliphatic heterocycles. The molecule has 2 unspecified atom stereocenters. The Kier molecular flexibility index (Phi) is 6.59. The molecular formula is C16H21ClO. The highest BCUT2D eigenvalue weighted by atomic mass is 35.5. The summed E-state index contributed by atoms with van der Waals surface area (Å²) in [6.45, 7) is 8.52. The topological polar surface area (TPSA) is 9.23 Å². The van der Waals surface area contributed by atoms with E-state index in [4.69, 9.17) is 16.3 Å². The maximum atomic E-state index is 6.30. The molecule has 0 radical (unpaired) electrons. The Hall–Kier alpha value is -1.21. The van der Waals surface area contributed by atoms with Crippen LogP contribution < -0.4 is 4.74 Å². The molecule has 0 spiro atoms. The van der Waals surface area contributed by atoms with Gasteiger partial charge in [0, 0.05) is 5.92 Å². The average Bonchev–Trinajstić information content (AvgIpc) is 2.38. The normalized spacial score (nSPS) is 14.4. The molecule has 0 amide bonds. The Bertz CT molecular complexity index is 381. The molecule has 2 atom stereocenters. The Morgan fingerprint density at radius 1 is 1.33 bits per heavy atom. The van der Waals surface area contributed by atoms with E-state index < -0.39 is 0 Å². The predicted octanol–water partition coefficient (Wildman–Crippen LogP) is 4.61. The quantitative estimate of drug-likeness (QED) is 0.516. The maximum Gasteiger partial charge on any atom is 0.119 e. The molecule has 2 heteroatoms. The first-order valence-electron chi connectivity index (χ1n) is 6.32. The van der Waals surface area contributed by atoms with Crippen molar-refractivity contribution >= 4 is 11.6 Å². The fourth-order valence-corrected chi connectivity index (χ4v) is 2.15. The van der Waals surface area contributed by atoms with Crippen molar-refractivity contribution in [2.24, 2.45) is 5.92 Å². The zero-order valence-electron chi connectivity index (χ0n) is 11.1. The summed E-state index contributed by atoms with van der Waals surface area (Å²) < 4.78 is 5.42. The number of rotatable bonds is 7. The molecule has 1 aromatic carbocycles. The van der Waals surface area contributed by atoms with E-state index in [1.54, 1.807) is 0 Å². The maximum absolute atomic E-state index is 6.30. The molecule has 0 fully saturated rings. The molecule has 0 N–H and O–H groups in total. The lowest BCUT2D eigenvalue weighted by atomic mass is 9.95. The number of halogens is 1. The molecule has 0 aliphatic rings.